The molecule has 0 amide bonds. The summed E-state index contributed by atoms with van der Waals surface area (Å²) in [6, 6.07) is 3.12. The van der Waals surface area contributed by atoms with E-state index in [4.69, 9.17) is 5.11 Å². The topological polar surface area (TPSA) is 57.5 Å². The highest BCUT2D eigenvalue weighted by atomic mass is 19.2. The van der Waals surface area contributed by atoms with Crippen molar-refractivity contribution in [1.82, 2.24) is 0 Å². The molecule has 0 radical (unpaired) electrons. The first-order valence-electron chi connectivity index (χ1n) is 6.01. The lowest BCUT2D eigenvalue weighted by molar-refractivity contribution is -0.145. The highest BCUT2D eigenvalue weighted by molar-refractivity contribution is 5.71. The molecule has 0 fully saturated rings. The Balaban J connectivity index is 2.26. The molecule has 0 saturated heterocycles. The van der Waals surface area contributed by atoms with Crippen molar-refractivity contribution in [2.75, 3.05) is 0 Å². The lowest BCUT2D eigenvalue weighted by Gasteiger charge is -2.29. The minimum absolute atomic E-state index is 0.199. The number of carboxylic acid groups (broad SMARTS) is 1. The van der Waals surface area contributed by atoms with Crippen LogP contribution in [0.25, 0.3) is 0 Å². The number of aliphatic hydroxyl groups excluding tert-OH is 1. The van der Waals surface area contributed by atoms with Crippen LogP contribution in [0.1, 0.15) is 24.5 Å². The van der Waals surface area contributed by atoms with E-state index in [0.29, 0.717) is 12.8 Å². The van der Waals surface area contributed by atoms with Gasteiger partial charge >= 0.3 is 5.97 Å². The monoisotopic (exact) mass is 268 g/mol. The van der Waals surface area contributed by atoms with Gasteiger partial charge in [-0.1, -0.05) is 18.2 Å². The Bertz CT molecular complexity index is 513. The van der Waals surface area contributed by atoms with Crippen LogP contribution in [0.3, 0.4) is 0 Å². The fraction of sp³-hybridized carbons (Fsp3) is 0.357. The first-order chi connectivity index (χ1) is 9.00. The summed E-state index contributed by atoms with van der Waals surface area (Å²) in [4.78, 5) is 11.1. The number of allylic oxidation sites excluding steroid dienone is 2. The molecule has 2 rings (SSSR count). The standard InChI is InChI=1S/C14H14F2O3/c15-11-6-5-8(7-12(11)16)13(17)9-3-1-2-4-10(9)14(18)19/h1-2,5-7,9-10,13,17H,3-4H2,(H,18,19). The number of rotatable bonds is 3. The van der Waals surface area contributed by atoms with Gasteiger partial charge in [-0.15, -0.1) is 0 Å². The summed E-state index contributed by atoms with van der Waals surface area (Å²) in [6.07, 6.45) is 3.17. The number of aliphatic hydroxyl groups is 1. The van der Waals surface area contributed by atoms with Crippen LogP contribution >= 0.6 is 0 Å². The summed E-state index contributed by atoms with van der Waals surface area (Å²) in [6.45, 7) is 0. The van der Waals surface area contributed by atoms with Crippen LogP contribution in [0.2, 0.25) is 0 Å². The highest BCUT2D eigenvalue weighted by Crippen LogP contribution is 2.36. The van der Waals surface area contributed by atoms with E-state index >= 15 is 0 Å². The SMILES string of the molecule is O=C(O)C1CC=CCC1C(O)c1ccc(F)c(F)c1. The number of carboxylic acids is 1. The normalized spacial score (nSPS) is 24.2. The molecule has 1 aliphatic carbocycles. The Kier molecular flexibility index (Phi) is 3.95. The second kappa shape index (κ2) is 5.48. The number of benzene rings is 1. The van der Waals surface area contributed by atoms with Crippen LogP contribution < -0.4 is 0 Å². The van der Waals surface area contributed by atoms with Gasteiger partial charge in [-0.2, -0.15) is 0 Å². The predicted molar refractivity (Wildman–Crippen MR) is 64.3 cm³/mol. The molecule has 3 nitrogen and oxygen atoms in total. The minimum Gasteiger partial charge on any atom is -0.481 e. The molecule has 3 unspecified atom stereocenters. The smallest absolute Gasteiger partial charge is 0.307 e. The van der Waals surface area contributed by atoms with Crippen LogP contribution in [-0.2, 0) is 4.79 Å². The molecule has 0 saturated carbocycles. The Hall–Kier alpha value is -1.75. The quantitative estimate of drug-likeness (QED) is 0.829. The van der Waals surface area contributed by atoms with Crippen molar-refractivity contribution >= 4 is 5.97 Å². The first kappa shape index (κ1) is 13.7. The van der Waals surface area contributed by atoms with E-state index < -0.39 is 35.5 Å². The van der Waals surface area contributed by atoms with Gasteiger partial charge in [0.15, 0.2) is 11.6 Å². The molecule has 0 spiro atoms. The third kappa shape index (κ3) is 2.81. The Morgan fingerprint density at radius 3 is 2.53 bits per heavy atom. The molecular weight excluding hydrogens is 254 g/mol. The molecular formula is C14H14F2O3. The van der Waals surface area contributed by atoms with E-state index in [-0.39, 0.29) is 5.56 Å². The predicted octanol–water partition coefficient (Wildman–Crippen LogP) is 2.67. The Labute approximate surface area is 109 Å². The van der Waals surface area contributed by atoms with E-state index in [1.165, 1.54) is 6.07 Å². The van der Waals surface area contributed by atoms with Crippen molar-refractivity contribution < 1.29 is 23.8 Å². The van der Waals surface area contributed by atoms with Crippen molar-refractivity contribution in [1.29, 1.82) is 0 Å². The van der Waals surface area contributed by atoms with Gasteiger partial charge in [0.25, 0.3) is 0 Å². The Morgan fingerprint density at radius 1 is 1.21 bits per heavy atom. The molecule has 0 heterocycles. The maximum atomic E-state index is 13.1. The van der Waals surface area contributed by atoms with Gasteiger partial charge in [0.05, 0.1) is 12.0 Å². The van der Waals surface area contributed by atoms with E-state index in [1.807, 2.05) is 0 Å². The van der Waals surface area contributed by atoms with Gasteiger partial charge in [-0.25, -0.2) is 8.78 Å². The van der Waals surface area contributed by atoms with Gasteiger partial charge in [-0.3, -0.25) is 4.79 Å². The fourth-order valence-corrected chi connectivity index (χ4v) is 2.41. The molecule has 5 heteroatoms. The first-order valence-corrected chi connectivity index (χ1v) is 6.01. The molecule has 3 atom stereocenters. The molecule has 0 aliphatic heterocycles. The number of carbonyl (C=O) groups is 1. The number of hydrogen-bond acceptors (Lipinski definition) is 2. The van der Waals surface area contributed by atoms with Crippen molar-refractivity contribution in [2.24, 2.45) is 11.8 Å². The third-order valence-electron chi connectivity index (χ3n) is 3.49. The van der Waals surface area contributed by atoms with Crippen molar-refractivity contribution in [3.05, 3.63) is 47.5 Å². The molecule has 1 aliphatic rings. The largest absolute Gasteiger partial charge is 0.481 e. The zero-order valence-electron chi connectivity index (χ0n) is 10.1. The highest BCUT2D eigenvalue weighted by Gasteiger charge is 2.34. The van der Waals surface area contributed by atoms with Crippen LogP contribution in [-0.4, -0.2) is 16.2 Å². The van der Waals surface area contributed by atoms with Crippen LogP contribution in [0.4, 0.5) is 8.78 Å². The van der Waals surface area contributed by atoms with E-state index in [2.05, 4.69) is 0 Å². The number of aliphatic carboxylic acids is 1. The summed E-state index contributed by atoms with van der Waals surface area (Å²) < 4.78 is 26.0. The van der Waals surface area contributed by atoms with Crippen LogP contribution in [0, 0.1) is 23.5 Å². The number of hydrogen-bond donors (Lipinski definition) is 2. The van der Waals surface area contributed by atoms with Crippen molar-refractivity contribution in [3.63, 3.8) is 0 Å². The fourth-order valence-electron chi connectivity index (χ4n) is 2.41. The molecule has 0 aromatic heterocycles. The summed E-state index contributed by atoms with van der Waals surface area (Å²) >= 11 is 0. The van der Waals surface area contributed by atoms with E-state index in [9.17, 15) is 18.7 Å². The zero-order chi connectivity index (χ0) is 14.0. The lowest BCUT2D eigenvalue weighted by Crippen LogP contribution is -2.29. The average Bonchev–Trinajstić information content (AvgIpc) is 2.41. The van der Waals surface area contributed by atoms with E-state index in [0.717, 1.165) is 12.1 Å². The van der Waals surface area contributed by atoms with Gasteiger partial charge in [-0.05, 0) is 30.5 Å². The van der Waals surface area contributed by atoms with Crippen molar-refractivity contribution in [3.8, 4) is 0 Å². The van der Waals surface area contributed by atoms with Crippen molar-refractivity contribution in [2.45, 2.75) is 18.9 Å². The zero-order valence-corrected chi connectivity index (χ0v) is 10.1. The maximum absolute atomic E-state index is 13.1. The molecule has 102 valence electrons. The molecule has 19 heavy (non-hydrogen) atoms. The molecule has 1 aromatic carbocycles. The maximum Gasteiger partial charge on any atom is 0.307 e. The van der Waals surface area contributed by atoms with Gasteiger partial charge in [0, 0.05) is 5.92 Å². The second-order valence-electron chi connectivity index (χ2n) is 4.67. The lowest BCUT2D eigenvalue weighted by atomic mass is 9.77. The summed E-state index contributed by atoms with van der Waals surface area (Å²) in [5.41, 5.74) is 0.199. The summed E-state index contributed by atoms with van der Waals surface area (Å²) in [5, 5.41) is 19.3. The van der Waals surface area contributed by atoms with E-state index in [1.54, 1.807) is 12.2 Å². The summed E-state index contributed by atoms with van der Waals surface area (Å²) in [7, 11) is 0. The minimum atomic E-state index is -1.12. The van der Waals surface area contributed by atoms with Crippen LogP contribution in [0.15, 0.2) is 30.4 Å². The summed E-state index contributed by atoms with van der Waals surface area (Å²) in [5.74, 6) is -4.28. The van der Waals surface area contributed by atoms with Crippen LogP contribution in [0.5, 0.6) is 0 Å². The molecule has 1 aromatic rings. The molecule has 0 bridgehead atoms. The van der Waals surface area contributed by atoms with Gasteiger partial charge in [0.1, 0.15) is 0 Å². The average molecular weight is 268 g/mol. The molecule has 2 N–H and O–H groups in total. The third-order valence-corrected chi connectivity index (χ3v) is 3.49. The number of halogens is 2. The Morgan fingerprint density at radius 2 is 1.89 bits per heavy atom. The van der Waals surface area contributed by atoms with Gasteiger partial charge < -0.3 is 10.2 Å². The second-order valence-corrected chi connectivity index (χ2v) is 4.67. The van der Waals surface area contributed by atoms with Gasteiger partial charge in [0.2, 0.25) is 0 Å².